The van der Waals surface area contributed by atoms with Crippen LogP contribution >= 0.6 is 0 Å². The van der Waals surface area contributed by atoms with E-state index in [9.17, 15) is 9.59 Å². The number of amides is 2. The SMILES string of the molecule is CC(C)N(C(=O)C(=O)NCCC(c1ccccc1)c1ccccc1C#C[Si](C(C)C)(C(C)C)C(C)C)C(C)C. The maximum Gasteiger partial charge on any atom is 0.312 e. The second-order valence-electron chi connectivity index (χ2n) is 12.1. The van der Waals surface area contributed by atoms with Crippen molar-refractivity contribution in [3.8, 4) is 11.5 Å². The lowest BCUT2D eigenvalue weighted by molar-refractivity contribution is -0.148. The molecule has 0 aliphatic rings. The molecule has 0 heterocycles. The van der Waals surface area contributed by atoms with E-state index in [0.717, 1.165) is 5.56 Å². The van der Waals surface area contributed by atoms with Gasteiger partial charge in [0.1, 0.15) is 8.07 Å². The Balaban J connectivity index is 2.42. The van der Waals surface area contributed by atoms with Crippen LogP contribution in [0.4, 0.5) is 0 Å². The van der Waals surface area contributed by atoms with E-state index < -0.39 is 19.9 Å². The predicted octanol–water partition coefficient (Wildman–Crippen LogP) is 7.54. The number of rotatable bonds is 10. The zero-order chi connectivity index (χ0) is 29.3. The first-order valence-corrected chi connectivity index (χ1v) is 16.8. The molecule has 0 radical (unpaired) electrons. The van der Waals surface area contributed by atoms with Crippen molar-refractivity contribution in [2.45, 2.75) is 110 Å². The van der Waals surface area contributed by atoms with Crippen LogP contribution in [0.2, 0.25) is 16.6 Å². The minimum absolute atomic E-state index is 0.0380. The van der Waals surface area contributed by atoms with Gasteiger partial charge in [0, 0.05) is 30.1 Å². The summed E-state index contributed by atoms with van der Waals surface area (Å²) in [6.45, 7) is 22.2. The molecule has 212 valence electrons. The van der Waals surface area contributed by atoms with Gasteiger partial charge in [-0.05, 0) is 67.9 Å². The molecule has 0 saturated heterocycles. The molecule has 5 heteroatoms. The fourth-order valence-electron chi connectivity index (χ4n) is 6.30. The van der Waals surface area contributed by atoms with Gasteiger partial charge in [-0.2, -0.15) is 0 Å². The molecule has 2 amide bonds. The van der Waals surface area contributed by atoms with Crippen molar-refractivity contribution in [1.82, 2.24) is 10.2 Å². The maximum absolute atomic E-state index is 12.8. The monoisotopic (exact) mass is 546 g/mol. The molecule has 4 nitrogen and oxygen atoms in total. The van der Waals surface area contributed by atoms with E-state index in [1.54, 1.807) is 4.90 Å². The number of hydrogen-bond acceptors (Lipinski definition) is 2. The van der Waals surface area contributed by atoms with E-state index in [4.69, 9.17) is 0 Å². The van der Waals surface area contributed by atoms with Crippen molar-refractivity contribution in [3.63, 3.8) is 0 Å². The van der Waals surface area contributed by atoms with Crippen LogP contribution < -0.4 is 5.32 Å². The Morgan fingerprint density at radius 3 is 1.79 bits per heavy atom. The van der Waals surface area contributed by atoms with Crippen LogP contribution in [0, 0.1) is 11.5 Å². The van der Waals surface area contributed by atoms with Crippen LogP contribution in [0.3, 0.4) is 0 Å². The van der Waals surface area contributed by atoms with Gasteiger partial charge in [0.15, 0.2) is 0 Å². The van der Waals surface area contributed by atoms with E-state index in [-0.39, 0.29) is 18.0 Å². The van der Waals surface area contributed by atoms with Gasteiger partial charge < -0.3 is 10.2 Å². The lowest BCUT2D eigenvalue weighted by Gasteiger charge is -2.38. The number of carbonyl (C=O) groups excluding carboxylic acids is 2. The minimum Gasteiger partial charge on any atom is -0.348 e. The lowest BCUT2D eigenvalue weighted by Crippen LogP contribution is -2.49. The van der Waals surface area contributed by atoms with Crippen molar-refractivity contribution >= 4 is 19.9 Å². The average Bonchev–Trinajstić information content (AvgIpc) is 2.86. The highest BCUT2D eigenvalue weighted by molar-refractivity contribution is 6.90. The molecule has 0 aromatic heterocycles. The highest BCUT2D eigenvalue weighted by atomic mass is 28.3. The Hall–Kier alpha value is -2.84. The lowest BCUT2D eigenvalue weighted by atomic mass is 9.86. The van der Waals surface area contributed by atoms with Gasteiger partial charge in [-0.15, -0.1) is 5.54 Å². The first-order chi connectivity index (χ1) is 18.3. The van der Waals surface area contributed by atoms with Crippen LogP contribution in [0.25, 0.3) is 0 Å². The Bertz CT molecular complexity index is 1110. The van der Waals surface area contributed by atoms with Crippen molar-refractivity contribution < 1.29 is 9.59 Å². The van der Waals surface area contributed by atoms with E-state index >= 15 is 0 Å². The zero-order valence-electron chi connectivity index (χ0n) is 25.8. The van der Waals surface area contributed by atoms with Gasteiger partial charge in [-0.1, -0.05) is 96.0 Å². The number of nitrogens with one attached hydrogen (secondary N) is 1. The van der Waals surface area contributed by atoms with Gasteiger partial charge >= 0.3 is 11.8 Å². The number of carbonyl (C=O) groups is 2. The van der Waals surface area contributed by atoms with Gasteiger partial charge in [0.25, 0.3) is 0 Å². The first-order valence-electron chi connectivity index (χ1n) is 14.6. The predicted molar refractivity (Wildman–Crippen MR) is 167 cm³/mol. The summed E-state index contributed by atoms with van der Waals surface area (Å²) in [4.78, 5) is 27.3. The zero-order valence-corrected chi connectivity index (χ0v) is 26.8. The molecule has 0 spiro atoms. The Kier molecular flexibility index (Phi) is 12.0. The third kappa shape index (κ3) is 7.85. The van der Waals surface area contributed by atoms with Crippen molar-refractivity contribution in [1.29, 1.82) is 0 Å². The molecule has 1 unspecified atom stereocenters. The molecule has 2 aromatic rings. The van der Waals surface area contributed by atoms with E-state index in [1.807, 2.05) is 33.8 Å². The highest BCUT2D eigenvalue weighted by Crippen LogP contribution is 2.41. The summed E-state index contributed by atoms with van der Waals surface area (Å²) in [7, 11) is -1.89. The summed E-state index contributed by atoms with van der Waals surface area (Å²) in [5.41, 5.74) is 8.97. The van der Waals surface area contributed by atoms with Gasteiger partial charge in [0.2, 0.25) is 0 Å². The molecule has 39 heavy (non-hydrogen) atoms. The normalized spacial score (nSPS) is 12.6. The fourth-order valence-corrected chi connectivity index (χ4v) is 11.5. The van der Waals surface area contributed by atoms with E-state index in [0.29, 0.717) is 29.6 Å². The first kappa shape index (κ1) is 32.4. The third-order valence-corrected chi connectivity index (χ3v) is 14.4. The molecule has 0 fully saturated rings. The summed E-state index contributed by atoms with van der Waals surface area (Å²) >= 11 is 0. The summed E-state index contributed by atoms with van der Waals surface area (Å²) in [5, 5.41) is 2.90. The summed E-state index contributed by atoms with van der Waals surface area (Å²) in [5.74, 6) is 2.70. The number of benzene rings is 2. The van der Waals surface area contributed by atoms with Crippen molar-refractivity contribution in [3.05, 3.63) is 71.3 Å². The molecular weight excluding hydrogens is 496 g/mol. The Morgan fingerprint density at radius 2 is 1.28 bits per heavy atom. The Morgan fingerprint density at radius 1 is 0.769 bits per heavy atom. The Labute approximate surface area is 239 Å². The second kappa shape index (κ2) is 14.5. The molecule has 0 aliphatic carbocycles. The topological polar surface area (TPSA) is 49.4 Å². The number of nitrogens with zero attached hydrogens (tertiary/aromatic N) is 1. The number of hydrogen-bond donors (Lipinski definition) is 1. The third-order valence-electron chi connectivity index (χ3n) is 8.08. The molecule has 0 aliphatic heterocycles. The van der Waals surface area contributed by atoms with Crippen LogP contribution in [0.5, 0.6) is 0 Å². The van der Waals surface area contributed by atoms with Crippen molar-refractivity contribution in [2.75, 3.05) is 6.54 Å². The van der Waals surface area contributed by atoms with Crippen LogP contribution in [-0.2, 0) is 9.59 Å². The van der Waals surface area contributed by atoms with Gasteiger partial charge in [0.05, 0.1) is 0 Å². The van der Waals surface area contributed by atoms with Crippen molar-refractivity contribution in [2.24, 2.45) is 0 Å². The summed E-state index contributed by atoms with van der Waals surface area (Å²) in [6.07, 6.45) is 0.673. The molecule has 0 saturated carbocycles. The molecule has 1 N–H and O–H groups in total. The van der Waals surface area contributed by atoms with Gasteiger partial charge in [-0.3, -0.25) is 9.59 Å². The smallest absolute Gasteiger partial charge is 0.312 e. The summed E-state index contributed by atoms with van der Waals surface area (Å²) in [6, 6.07) is 18.7. The van der Waals surface area contributed by atoms with E-state index in [1.165, 1.54) is 11.1 Å². The quantitative estimate of drug-likeness (QED) is 0.190. The molecule has 0 bridgehead atoms. The van der Waals surface area contributed by atoms with E-state index in [2.05, 4.69) is 107 Å². The standard InChI is InChI=1S/C34H50N2O2Si/c1-24(2)36(25(3)4)34(38)33(37)35-22-20-32(29-16-12-11-13-17-29)31-19-15-14-18-30(31)21-23-39(26(5)6,27(7)8)28(9)10/h11-19,24-28,32H,20,22H2,1-10H3,(H,35,37). The molecular formula is C34H50N2O2Si. The molecule has 2 aromatic carbocycles. The maximum atomic E-state index is 12.8. The largest absolute Gasteiger partial charge is 0.348 e. The van der Waals surface area contributed by atoms with Crippen LogP contribution in [-0.4, -0.2) is 43.4 Å². The van der Waals surface area contributed by atoms with Crippen LogP contribution in [0.1, 0.15) is 98.3 Å². The fraction of sp³-hybridized carbons (Fsp3) is 0.529. The molecule has 1 atom stereocenters. The minimum atomic E-state index is -1.89. The van der Waals surface area contributed by atoms with Crippen LogP contribution in [0.15, 0.2) is 54.6 Å². The second-order valence-corrected chi connectivity index (χ2v) is 17.7. The summed E-state index contributed by atoms with van der Waals surface area (Å²) < 4.78 is 0. The molecule has 2 rings (SSSR count). The highest BCUT2D eigenvalue weighted by Gasteiger charge is 2.41. The average molecular weight is 547 g/mol. The van der Waals surface area contributed by atoms with Gasteiger partial charge in [-0.25, -0.2) is 0 Å².